The minimum atomic E-state index is 0.808. The molecule has 12 heavy (non-hydrogen) atoms. The average Bonchev–Trinajstić information content (AvgIpc) is 2.31. The molecule has 0 bridgehead atoms. The highest BCUT2D eigenvalue weighted by molar-refractivity contribution is 9.10. The molecule has 2 N–H and O–H groups in total. The Bertz CT molecular complexity index is 245. The normalized spacial score (nSPS) is 10.6. The van der Waals surface area contributed by atoms with E-state index in [1.165, 1.54) is 20.6 Å². The smallest absolute Gasteiger partial charge is 0.0317 e. The molecular formula is C9H14BrNS. The van der Waals surface area contributed by atoms with Crippen molar-refractivity contribution in [2.24, 2.45) is 5.73 Å². The molecule has 0 aliphatic carbocycles. The van der Waals surface area contributed by atoms with Crippen molar-refractivity contribution < 1.29 is 0 Å². The number of nitrogens with two attached hydrogens (primary N) is 1. The van der Waals surface area contributed by atoms with Crippen LogP contribution in [-0.2, 0) is 6.42 Å². The molecule has 1 aromatic rings. The molecule has 0 saturated carbocycles. The highest BCUT2D eigenvalue weighted by atomic mass is 79.9. The molecule has 0 radical (unpaired) electrons. The number of hydrogen-bond acceptors (Lipinski definition) is 2. The zero-order valence-electron chi connectivity index (χ0n) is 7.27. The highest BCUT2D eigenvalue weighted by Crippen LogP contribution is 2.27. The van der Waals surface area contributed by atoms with Gasteiger partial charge in [-0.05, 0) is 54.7 Å². The summed E-state index contributed by atoms with van der Waals surface area (Å²) in [5.41, 5.74) is 5.43. The summed E-state index contributed by atoms with van der Waals surface area (Å²) in [6, 6.07) is 2.18. The molecule has 0 aliphatic heterocycles. The molecule has 0 fully saturated rings. The van der Waals surface area contributed by atoms with Crippen LogP contribution in [-0.4, -0.2) is 6.54 Å². The van der Waals surface area contributed by atoms with Gasteiger partial charge in [0.2, 0.25) is 0 Å². The fourth-order valence-corrected chi connectivity index (χ4v) is 3.04. The summed E-state index contributed by atoms with van der Waals surface area (Å²) in [5.74, 6) is 0. The van der Waals surface area contributed by atoms with Crippen LogP contribution < -0.4 is 5.73 Å². The van der Waals surface area contributed by atoms with Gasteiger partial charge in [-0.1, -0.05) is 0 Å². The third kappa shape index (κ3) is 2.88. The van der Waals surface area contributed by atoms with E-state index >= 15 is 0 Å². The Kier molecular flexibility index (Phi) is 4.26. The quantitative estimate of drug-likeness (QED) is 0.814. The van der Waals surface area contributed by atoms with E-state index in [1.54, 1.807) is 0 Å². The average molecular weight is 248 g/mol. The standard InChI is InChI=1S/C9H14BrNS/c1-7-6-8(10)9(12-7)4-2-3-5-11/h6H,2-5,11H2,1H3. The predicted molar refractivity (Wildman–Crippen MR) is 58.7 cm³/mol. The molecular weight excluding hydrogens is 234 g/mol. The van der Waals surface area contributed by atoms with E-state index in [-0.39, 0.29) is 0 Å². The molecule has 0 unspecified atom stereocenters. The highest BCUT2D eigenvalue weighted by Gasteiger charge is 2.02. The zero-order valence-corrected chi connectivity index (χ0v) is 9.67. The SMILES string of the molecule is Cc1cc(Br)c(CCCCN)s1. The molecule has 0 spiro atoms. The molecule has 3 heteroatoms. The first-order valence-corrected chi connectivity index (χ1v) is 5.80. The number of thiophene rings is 1. The van der Waals surface area contributed by atoms with E-state index < -0.39 is 0 Å². The third-order valence-corrected chi connectivity index (χ3v) is 3.82. The Morgan fingerprint density at radius 1 is 1.50 bits per heavy atom. The number of rotatable bonds is 4. The Labute approximate surface area is 86.1 Å². The van der Waals surface area contributed by atoms with Crippen LogP contribution in [0.2, 0.25) is 0 Å². The summed E-state index contributed by atoms with van der Waals surface area (Å²) in [4.78, 5) is 2.84. The van der Waals surface area contributed by atoms with Crippen molar-refractivity contribution in [1.29, 1.82) is 0 Å². The number of hydrogen-bond donors (Lipinski definition) is 1. The first-order chi connectivity index (χ1) is 5.74. The van der Waals surface area contributed by atoms with Crippen LogP contribution in [0.25, 0.3) is 0 Å². The van der Waals surface area contributed by atoms with Crippen LogP contribution in [0.4, 0.5) is 0 Å². The Balaban J connectivity index is 2.45. The topological polar surface area (TPSA) is 26.0 Å². The molecule has 0 aliphatic rings. The Morgan fingerprint density at radius 3 is 2.75 bits per heavy atom. The van der Waals surface area contributed by atoms with Crippen LogP contribution in [0.15, 0.2) is 10.5 Å². The number of unbranched alkanes of at least 4 members (excludes halogenated alkanes) is 1. The maximum Gasteiger partial charge on any atom is 0.0317 e. The number of halogens is 1. The fourth-order valence-electron chi connectivity index (χ4n) is 1.13. The monoisotopic (exact) mass is 247 g/mol. The first kappa shape index (κ1) is 10.2. The van der Waals surface area contributed by atoms with Gasteiger partial charge in [0.15, 0.2) is 0 Å². The van der Waals surface area contributed by atoms with Crippen molar-refractivity contribution in [3.8, 4) is 0 Å². The zero-order chi connectivity index (χ0) is 8.97. The summed E-state index contributed by atoms with van der Waals surface area (Å²) >= 11 is 5.43. The van der Waals surface area contributed by atoms with Gasteiger partial charge in [0.25, 0.3) is 0 Å². The van der Waals surface area contributed by atoms with Crippen molar-refractivity contribution >= 4 is 27.3 Å². The fraction of sp³-hybridized carbons (Fsp3) is 0.556. The van der Waals surface area contributed by atoms with Crippen molar-refractivity contribution in [1.82, 2.24) is 0 Å². The second-order valence-electron chi connectivity index (χ2n) is 2.87. The van der Waals surface area contributed by atoms with Crippen molar-refractivity contribution in [3.05, 3.63) is 20.3 Å². The lowest BCUT2D eigenvalue weighted by molar-refractivity contribution is 0.750. The second-order valence-corrected chi connectivity index (χ2v) is 5.07. The molecule has 1 heterocycles. The summed E-state index contributed by atoms with van der Waals surface area (Å²) in [7, 11) is 0. The maximum atomic E-state index is 5.43. The number of aryl methyl sites for hydroxylation is 2. The molecule has 68 valence electrons. The van der Waals surface area contributed by atoms with Crippen LogP contribution >= 0.6 is 27.3 Å². The van der Waals surface area contributed by atoms with Crippen LogP contribution in [0.5, 0.6) is 0 Å². The van der Waals surface area contributed by atoms with E-state index in [1.807, 2.05) is 11.3 Å². The van der Waals surface area contributed by atoms with Gasteiger partial charge >= 0.3 is 0 Å². The molecule has 0 atom stereocenters. The largest absolute Gasteiger partial charge is 0.330 e. The molecule has 1 rings (SSSR count). The summed E-state index contributed by atoms with van der Waals surface area (Å²) in [6.07, 6.45) is 3.49. The Morgan fingerprint density at radius 2 is 2.25 bits per heavy atom. The second kappa shape index (κ2) is 5.00. The maximum absolute atomic E-state index is 5.43. The lowest BCUT2D eigenvalue weighted by atomic mass is 10.2. The van der Waals surface area contributed by atoms with Gasteiger partial charge in [0.05, 0.1) is 0 Å². The minimum Gasteiger partial charge on any atom is -0.330 e. The minimum absolute atomic E-state index is 0.808. The van der Waals surface area contributed by atoms with Gasteiger partial charge in [-0.3, -0.25) is 0 Å². The van der Waals surface area contributed by atoms with Crippen molar-refractivity contribution in [2.75, 3.05) is 6.54 Å². The van der Waals surface area contributed by atoms with Gasteiger partial charge in [-0.15, -0.1) is 11.3 Å². The van der Waals surface area contributed by atoms with Crippen LogP contribution in [0.1, 0.15) is 22.6 Å². The van der Waals surface area contributed by atoms with E-state index in [0.717, 1.165) is 19.4 Å². The van der Waals surface area contributed by atoms with Crippen molar-refractivity contribution in [3.63, 3.8) is 0 Å². The van der Waals surface area contributed by atoms with E-state index in [0.29, 0.717) is 0 Å². The first-order valence-electron chi connectivity index (χ1n) is 4.19. The van der Waals surface area contributed by atoms with Crippen LogP contribution in [0.3, 0.4) is 0 Å². The molecule has 1 aromatic heterocycles. The van der Waals surface area contributed by atoms with Gasteiger partial charge in [0.1, 0.15) is 0 Å². The predicted octanol–water partition coefficient (Wildman–Crippen LogP) is 3.10. The Hall–Kier alpha value is 0.140. The third-order valence-electron chi connectivity index (χ3n) is 1.74. The van der Waals surface area contributed by atoms with Gasteiger partial charge in [-0.2, -0.15) is 0 Å². The van der Waals surface area contributed by atoms with Crippen LogP contribution in [0, 0.1) is 6.92 Å². The lowest BCUT2D eigenvalue weighted by Crippen LogP contribution is -1.98. The molecule has 0 amide bonds. The van der Waals surface area contributed by atoms with Gasteiger partial charge in [-0.25, -0.2) is 0 Å². The summed E-state index contributed by atoms with van der Waals surface area (Å²) in [6.45, 7) is 2.95. The summed E-state index contributed by atoms with van der Waals surface area (Å²) in [5, 5.41) is 0. The van der Waals surface area contributed by atoms with E-state index in [9.17, 15) is 0 Å². The molecule has 0 saturated heterocycles. The van der Waals surface area contributed by atoms with Crippen molar-refractivity contribution in [2.45, 2.75) is 26.2 Å². The van der Waals surface area contributed by atoms with E-state index in [4.69, 9.17) is 5.73 Å². The van der Waals surface area contributed by atoms with Gasteiger partial charge < -0.3 is 5.73 Å². The van der Waals surface area contributed by atoms with E-state index in [2.05, 4.69) is 28.9 Å². The van der Waals surface area contributed by atoms with Gasteiger partial charge in [0, 0.05) is 14.2 Å². The molecule has 0 aromatic carbocycles. The lowest BCUT2D eigenvalue weighted by Gasteiger charge is -1.96. The molecule has 1 nitrogen and oxygen atoms in total. The summed E-state index contributed by atoms with van der Waals surface area (Å²) < 4.78 is 1.27.